The van der Waals surface area contributed by atoms with Crippen LogP contribution in [0.25, 0.3) is 16.6 Å². The predicted octanol–water partition coefficient (Wildman–Crippen LogP) is 2.86. The highest BCUT2D eigenvalue weighted by molar-refractivity contribution is 5.85. The molecule has 0 radical (unpaired) electrons. The monoisotopic (exact) mass is 343 g/mol. The number of aromatic nitrogens is 4. The van der Waals surface area contributed by atoms with E-state index in [2.05, 4.69) is 15.3 Å². The topological polar surface area (TPSA) is 78.9 Å². The van der Waals surface area contributed by atoms with Crippen LogP contribution in [0.2, 0.25) is 0 Å². The second-order valence-electron chi connectivity index (χ2n) is 5.89. The molecule has 0 aliphatic carbocycles. The maximum Gasteiger partial charge on any atom is 0.152 e. The summed E-state index contributed by atoms with van der Waals surface area (Å²) in [6.07, 6.45) is 1.50. The van der Waals surface area contributed by atoms with Crippen LogP contribution < -0.4 is 10.5 Å². The average Bonchev–Trinajstić information content (AvgIpc) is 2.93. The second kappa shape index (κ2) is 7.14. The molecular weight excluding hydrogens is 321 g/mol. The van der Waals surface area contributed by atoms with Gasteiger partial charge in [-0.15, -0.1) is 0 Å². The third-order valence-corrected chi connectivity index (χ3v) is 4.15. The lowest BCUT2D eigenvalue weighted by molar-refractivity contribution is 0.338. The number of benzene rings is 1. The summed E-state index contributed by atoms with van der Waals surface area (Å²) < 4.78 is 21.5. The number of aryl methyl sites for hydroxylation is 3. The van der Waals surface area contributed by atoms with E-state index in [0.29, 0.717) is 31.0 Å². The zero-order valence-corrected chi connectivity index (χ0v) is 14.7. The number of halogens is 1. The number of nitrogens with two attached hydrogens (primary N) is 1. The van der Waals surface area contributed by atoms with Gasteiger partial charge in [0.1, 0.15) is 17.0 Å². The van der Waals surface area contributed by atoms with Gasteiger partial charge in [0, 0.05) is 11.5 Å². The first-order valence-electron chi connectivity index (χ1n) is 8.41. The molecule has 6 nitrogen and oxygen atoms in total. The van der Waals surface area contributed by atoms with Crippen molar-refractivity contribution in [2.45, 2.75) is 33.6 Å². The molecule has 3 rings (SSSR count). The van der Waals surface area contributed by atoms with Crippen LogP contribution in [0, 0.1) is 19.7 Å². The van der Waals surface area contributed by atoms with E-state index in [1.807, 2.05) is 20.8 Å². The fourth-order valence-corrected chi connectivity index (χ4v) is 2.96. The summed E-state index contributed by atoms with van der Waals surface area (Å²) >= 11 is 0. The average molecular weight is 343 g/mol. The summed E-state index contributed by atoms with van der Waals surface area (Å²) in [5.74, 6) is 0.116. The van der Waals surface area contributed by atoms with E-state index in [-0.39, 0.29) is 5.82 Å². The van der Waals surface area contributed by atoms with Crippen molar-refractivity contribution in [2.24, 2.45) is 5.73 Å². The van der Waals surface area contributed by atoms with Crippen molar-refractivity contribution in [1.82, 2.24) is 20.0 Å². The number of rotatable bonds is 6. The normalized spacial score (nSPS) is 11.2. The molecule has 3 aromatic rings. The van der Waals surface area contributed by atoms with Crippen LogP contribution in [0.4, 0.5) is 4.39 Å². The molecule has 0 saturated heterocycles. The molecule has 2 N–H and O–H groups in total. The number of hydrogen-bond donors (Lipinski definition) is 1. The van der Waals surface area contributed by atoms with Crippen LogP contribution in [0.3, 0.4) is 0 Å². The molecule has 0 unspecified atom stereocenters. The van der Waals surface area contributed by atoms with E-state index in [1.165, 1.54) is 6.07 Å². The Morgan fingerprint density at radius 3 is 2.72 bits per heavy atom. The van der Waals surface area contributed by atoms with E-state index >= 15 is 0 Å². The van der Waals surface area contributed by atoms with Gasteiger partial charge in [0.05, 0.1) is 23.7 Å². The summed E-state index contributed by atoms with van der Waals surface area (Å²) in [7, 11) is 0. The zero-order valence-electron chi connectivity index (χ0n) is 14.7. The highest BCUT2D eigenvalue weighted by Crippen LogP contribution is 2.27. The molecule has 0 spiro atoms. The van der Waals surface area contributed by atoms with Gasteiger partial charge in [0.2, 0.25) is 0 Å². The first kappa shape index (κ1) is 17.3. The molecule has 0 aliphatic heterocycles. The van der Waals surface area contributed by atoms with Crippen molar-refractivity contribution in [1.29, 1.82) is 0 Å². The van der Waals surface area contributed by atoms with Crippen molar-refractivity contribution in [3.63, 3.8) is 0 Å². The van der Waals surface area contributed by atoms with Gasteiger partial charge in [0.25, 0.3) is 0 Å². The van der Waals surface area contributed by atoms with Crippen molar-refractivity contribution in [2.75, 3.05) is 13.2 Å². The van der Waals surface area contributed by atoms with Crippen molar-refractivity contribution in [3.05, 3.63) is 41.1 Å². The third kappa shape index (κ3) is 3.19. The quantitative estimate of drug-likeness (QED) is 0.744. The molecule has 0 amide bonds. The molecule has 7 heteroatoms. The van der Waals surface area contributed by atoms with E-state index in [9.17, 15) is 4.39 Å². The fraction of sp³-hybridized carbons (Fsp3) is 0.389. The van der Waals surface area contributed by atoms with E-state index in [4.69, 9.17) is 10.5 Å². The minimum atomic E-state index is -0.385. The van der Waals surface area contributed by atoms with Gasteiger partial charge in [-0.3, -0.25) is 0 Å². The maximum absolute atomic E-state index is 14.6. The third-order valence-electron chi connectivity index (χ3n) is 4.15. The van der Waals surface area contributed by atoms with Crippen LogP contribution in [0.5, 0.6) is 5.75 Å². The van der Waals surface area contributed by atoms with Crippen LogP contribution in [0.1, 0.15) is 30.4 Å². The molecule has 0 saturated carbocycles. The lowest BCUT2D eigenvalue weighted by Gasteiger charge is -2.08. The Bertz CT molecular complexity index is 906. The van der Waals surface area contributed by atoms with Gasteiger partial charge in [-0.25, -0.2) is 9.07 Å². The highest BCUT2D eigenvalue weighted by Gasteiger charge is 2.18. The molecule has 0 fully saturated rings. The minimum Gasteiger partial charge on any atom is -0.494 e. The van der Waals surface area contributed by atoms with Crippen LogP contribution in [0.15, 0.2) is 18.2 Å². The Labute approximate surface area is 145 Å². The number of fused-ring (bicyclic) bond motifs is 1. The van der Waals surface area contributed by atoms with Gasteiger partial charge in [-0.05, 0) is 52.3 Å². The van der Waals surface area contributed by atoms with Gasteiger partial charge in [0.15, 0.2) is 5.82 Å². The van der Waals surface area contributed by atoms with E-state index in [0.717, 1.165) is 34.4 Å². The first-order chi connectivity index (χ1) is 12.1. The standard InChI is InChI=1S/C18H22FN5O/c1-4-25-13-7-8-16(14(19)10-13)24-12(3)17-11(2)21-22-15(6-5-9-20)18(17)23-24/h7-8,10H,4-6,9,20H2,1-3H3. The van der Waals surface area contributed by atoms with Crippen molar-refractivity contribution in [3.8, 4) is 11.4 Å². The molecule has 132 valence electrons. The van der Waals surface area contributed by atoms with Crippen LogP contribution in [-0.4, -0.2) is 33.1 Å². The Morgan fingerprint density at radius 2 is 2.04 bits per heavy atom. The number of nitrogens with zero attached hydrogens (tertiary/aromatic N) is 4. The Morgan fingerprint density at radius 1 is 1.24 bits per heavy atom. The lowest BCUT2D eigenvalue weighted by atomic mass is 10.1. The van der Waals surface area contributed by atoms with Gasteiger partial charge >= 0.3 is 0 Å². The van der Waals surface area contributed by atoms with E-state index < -0.39 is 0 Å². The maximum atomic E-state index is 14.6. The van der Waals surface area contributed by atoms with Gasteiger partial charge in [-0.2, -0.15) is 15.3 Å². The summed E-state index contributed by atoms with van der Waals surface area (Å²) in [6, 6.07) is 4.80. The van der Waals surface area contributed by atoms with Crippen molar-refractivity contribution >= 4 is 10.9 Å². The summed E-state index contributed by atoms with van der Waals surface area (Å²) in [6.45, 7) is 6.72. The van der Waals surface area contributed by atoms with Crippen LogP contribution in [-0.2, 0) is 6.42 Å². The predicted molar refractivity (Wildman–Crippen MR) is 94.6 cm³/mol. The van der Waals surface area contributed by atoms with Crippen LogP contribution >= 0.6 is 0 Å². The Hall–Kier alpha value is -2.54. The number of hydrogen-bond acceptors (Lipinski definition) is 5. The zero-order chi connectivity index (χ0) is 18.0. The first-order valence-corrected chi connectivity index (χ1v) is 8.41. The number of ether oxygens (including phenoxy) is 1. The summed E-state index contributed by atoms with van der Waals surface area (Å²) in [5, 5.41) is 14.0. The fourth-order valence-electron chi connectivity index (χ4n) is 2.96. The smallest absolute Gasteiger partial charge is 0.152 e. The van der Waals surface area contributed by atoms with Gasteiger partial charge in [-0.1, -0.05) is 0 Å². The SMILES string of the molecule is CCOc1ccc(-n2nc3c(CCCN)nnc(C)c3c2C)c(F)c1. The molecule has 0 bridgehead atoms. The Balaban J connectivity index is 2.14. The second-order valence-corrected chi connectivity index (χ2v) is 5.89. The summed E-state index contributed by atoms with van der Waals surface area (Å²) in [4.78, 5) is 0. The van der Waals surface area contributed by atoms with Crippen molar-refractivity contribution < 1.29 is 9.13 Å². The lowest BCUT2D eigenvalue weighted by Crippen LogP contribution is -2.04. The summed E-state index contributed by atoms with van der Waals surface area (Å²) in [5.41, 5.74) is 9.14. The molecular formula is C18H22FN5O. The minimum absolute atomic E-state index is 0.376. The molecule has 2 aromatic heterocycles. The van der Waals surface area contributed by atoms with E-state index in [1.54, 1.807) is 16.8 Å². The van der Waals surface area contributed by atoms with Gasteiger partial charge < -0.3 is 10.5 Å². The largest absolute Gasteiger partial charge is 0.494 e. The molecule has 0 atom stereocenters. The highest BCUT2D eigenvalue weighted by atomic mass is 19.1. The molecule has 25 heavy (non-hydrogen) atoms. The molecule has 0 aliphatic rings. The Kier molecular flexibility index (Phi) is 4.94. The molecule has 2 heterocycles. The molecule has 1 aromatic carbocycles.